The first-order valence-electron chi connectivity index (χ1n) is 4.30. The van der Waals surface area contributed by atoms with Crippen LogP contribution in [0.2, 0.25) is 0 Å². The highest BCUT2D eigenvalue weighted by Crippen LogP contribution is 2.26. The number of rotatable bonds is 1. The molecular formula is C11H10O3. The van der Waals surface area contributed by atoms with Crippen LogP contribution in [0.1, 0.15) is 5.56 Å². The molecule has 2 rings (SSSR count). The smallest absolute Gasteiger partial charge is 0.336 e. The van der Waals surface area contributed by atoms with Crippen molar-refractivity contribution in [1.29, 1.82) is 0 Å². The van der Waals surface area contributed by atoms with Crippen LogP contribution in [0.3, 0.4) is 0 Å². The Bertz CT molecular complexity index is 526. The molecule has 3 heteroatoms. The molecule has 0 atom stereocenters. The molecule has 0 bridgehead atoms. The van der Waals surface area contributed by atoms with Gasteiger partial charge in [-0.3, -0.25) is 0 Å². The standard InChI is InChI=1S/C11H10O3/c1-7-3-5-9(13-2)11-8(7)4-6-10(12)14-11/h3-6H,1-2H3. The zero-order valence-electron chi connectivity index (χ0n) is 8.03. The summed E-state index contributed by atoms with van der Waals surface area (Å²) >= 11 is 0. The van der Waals surface area contributed by atoms with Crippen molar-refractivity contribution in [3.63, 3.8) is 0 Å². The average Bonchev–Trinajstić information content (AvgIpc) is 2.18. The van der Waals surface area contributed by atoms with Crippen molar-refractivity contribution in [3.8, 4) is 5.75 Å². The fourth-order valence-electron chi connectivity index (χ4n) is 1.44. The summed E-state index contributed by atoms with van der Waals surface area (Å²) in [5.41, 5.74) is 1.21. The zero-order valence-corrected chi connectivity index (χ0v) is 8.03. The summed E-state index contributed by atoms with van der Waals surface area (Å²) in [6, 6.07) is 6.88. The van der Waals surface area contributed by atoms with Crippen molar-refractivity contribution in [1.82, 2.24) is 0 Å². The van der Waals surface area contributed by atoms with Gasteiger partial charge in [-0.2, -0.15) is 0 Å². The van der Waals surface area contributed by atoms with Crippen LogP contribution in [0, 0.1) is 6.92 Å². The Balaban J connectivity index is 2.92. The molecule has 0 aliphatic heterocycles. The van der Waals surface area contributed by atoms with Crippen LogP contribution in [0.4, 0.5) is 0 Å². The first-order chi connectivity index (χ1) is 6.72. The normalized spacial score (nSPS) is 10.4. The number of ether oxygens (including phenoxy) is 1. The van der Waals surface area contributed by atoms with Gasteiger partial charge < -0.3 is 9.15 Å². The lowest BCUT2D eigenvalue weighted by atomic mass is 10.1. The van der Waals surface area contributed by atoms with Gasteiger partial charge in [0.15, 0.2) is 11.3 Å². The maximum absolute atomic E-state index is 11.0. The molecule has 0 N–H and O–H groups in total. The second kappa shape index (κ2) is 3.18. The van der Waals surface area contributed by atoms with Crippen molar-refractivity contribution in [2.75, 3.05) is 7.11 Å². The highest BCUT2D eigenvalue weighted by atomic mass is 16.5. The van der Waals surface area contributed by atoms with Gasteiger partial charge >= 0.3 is 5.63 Å². The highest BCUT2D eigenvalue weighted by molar-refractivity contribution is 5.85. The fourth-order valence-corrected chi connectivity index (χ4v) is 1.44. The molecule has 0 aliphatic rings. The van der Waals surface area contributed by atoms with Crippen LogP contribution in [0.25, 0.3) is 11.0 Å². The molecule has 0 spiro atoms. The minimum Gasteiger partial charge on any atom is -0.493 e. The van der Waals surface area contributed by atoms with E-state index in [0.717, 1.165) is 10.9 Å². The Morgan fingerprint density at radius 3 is 2.71 bits per heavy atom. The molecule has 3 nitrogen and oxygen atoms in total. The lowest BCUT2D eigenvalue weighted by Crippen LogP contribution is -1.96. The second-order valence-corrected chi connectivity index (χ2v) is 3.08. The van der Waals surface area contributed by atoms with Gasteiger partial charge in [-0.05, 0) is 24.6 Å². The summed E-state index contributed by atoms with van der Waals surface area (Å²) in [4.78, 5) is 11.0. The van der Waals surface area contributed by atoms with Crippen LogP contribution in [-0.2, 0) is 0 Å². The molecule has 0 radical (unpaired) electrons. The number of fused-ring (bicyclic) bond motifs is 1. The van der Waals surface area contributed by atoms with Gasteiger partial charge in [0, 0.05) is 11.5 Å². The lowest BCUT2D eigenvalue weighted by Gasteiger charge is -2.04. The van der Waals surface area contributed by atoms with Crippen LogP contribution in [0.15, 0.2) is 33.5 Å². The Hall–Kier alpha value is -1.77. The molecule has 1 aromatic carbocycles. The van der Waals surface area contributed by atoms with E-state index in [-0.39, 0.29) is 5.63 Å². The van der Waals surface area contributed by atoms with Crippen LogP contribution >= 0.6 is 0 Å². The van der Waals surface area contributed by atoms with Gasteiger partial charge in [0.1, 0.15) is 0 Å². The number of hydrogen-bond donors (Lipinski definition) is 0. The van der Waals surface area contributed by atoms with Crippen molar-refractivity contribution >= 4 is 11.0 Å². The third-order valence-corrected chi connectivity index (χ3v) is 2.19. The molecule has 0 saturated heterocycles. The van der Waals surface area contributed by atoms with E-state index in [1.54, 1.807) is 19.2 Å². The van der Waals surface area contributed by atoms with Gasteiger partial charge in [0.05, 0.1) is 7.11 Å². The predicted octanol–water partition coefficient (Wildman–Crippen LogP) is 2.11. The Morgan fingerprint density at radius 2 is 2.00 bits per heavy atom. The molecule has 1 aromatic heterocycles. The average molecular weight is 190 g/mol. The number of benzene rings is 1. The molecule has 0 fully saturated rings. The molecule has 0 unspecified atom stereocenters. The van der Waals surface area contributed by atoms with Gasteiger partial charge in [0.25, 0.3) is 0 Å². The van der Waals surface area contributed by atoms with Gasteiger partial charge in [0.2, 0.25) is 0 Å². The number of hydrogen-bond acceptors (Lipinski definition) is 3. The Kier molecular flexibility index (Phi) is 2.00. The molecule has 72 valence electrons. The zero-order chi connectivity index (χ0) is 10.1. The highest BCUT2D eigenvalue weighted by Gasteiger charge is 2.06. The maximum Gasteiger partial charge on any atom is 0.336 e. The minimum atomic E-state index is -0.360. The van der Waals surface area contributed by atoms with Gasteiger partial charge in [-0.1, -0.05) is 6.07 Å². The first-order valence-corrected chi connectivity index (χ1v) is 4.30. The van der Waals surface area contributed by atoms with E-state index in [2.05, 4.69) is 0 Å². The summed E-state index contributed by atoms with van der Waals surface area (Å²) in [6.07, 6.45) is 0. The molecule has 2 aromatic rings. The van der Waals surface area contributed by atoms with E-state index in [9.17, 15) is 4.79 Å². The quantitative estimate of drug-likeness (QED) is 0.646. The number of aryl methyl sites for hydroxylation is 1. The van der Waals surface area contributed by atoms with Gasteiger partial charge in [-0.25, -0.2) is 4.79 Å². The summed E-state index contributed by atoms with van der Waals surface area (Å²) in [6.45, 7) is 1.96. The SMILES string of the molecule is COc1ccc(C)c2ccc(=O)oc12. The third kappa shape index (κ3) is 1.27. The monoisotopic (exact) mass is 190 g/mol. The molecule has 0 saturated carbocycles. The summed E-state index contributed by atoms with van der Waals surface area (Å²) < 4.78 is 10.2. The molecule has 0 aliphatic carbocycles. The summed E-state index contributed by atoms with van der Waals surface area (Å²) in [7, 11) is 1.55. The van der Waals surface area contributed by atoms with E-state index in [4.69, 9.17) is 9.15 Å². The predicted molar refractivity (Wildman–Crippen MR) is 53.8 cm³/mol. The number of methoxy groups -OCH3 is 1. The second-order valence-electron chi connectivity index (χ2n) is 3.08. The summed E-state index contributed by atoms with van der Waals surface area (Å²) in [5.74, 6) is 0.586. The molecule has 1 heterocycles. The maximum atomic E-state index is 11.0. The van der Waals surface area contributed by atoms with E-state index < -0.39 is 0 Å². The topological polar surface area (TPSA) is 39.4 Å². The van der Waals surface area contributed by atoms with Crippen molar-refractivity contribution in [3.05, 3.63) is 40.2 Å². The lowest BCUT2D eigenvalue weighted by molar-refractivity contribution is 0.406. The van der Waals surface area contributed by atoms with Crippen LogP contribution in [-0.4, -0.2) is 7.11 Å². The molecule has 14 heavy (non-hydrogen) atoms. The molecule has 0 amide bonds. The van der Waals surface area contributed by atoms with Crippen molar-refractivity contribution < 1.29 is 9.15 Å². The third-order valence-electron chi connectivity index (χ3n) is 2.19. The largest absolute Gasteiger partial charge is 0.493 e. The Morgan fingerprint density at radius 1 is 1.21 bits per heavy atom. The fraction of sp³-hybridized carbons (Fsp3) is 0.182. The van der Waals surface area contributed by atoms with Gasteiger partial charge in [-0.15, -0.1) is 0 Å². The first kappa shape index (κ1) is 8.81. The molecular weight excluding hydrogens is 180 g/mol. The van der Waals surface area contributed by atoms with E-state index >= 15 is 0 Å². The van der Waals surface area contributed by atoms with Crippen molar-refractivity contribution in [2.45, 2.75) is 6.92 Å². The van der Waals surface area contributed by atoms with E-state index in [0.29, 0.717) is 11.3 Å². The van der Waals surface area contributed by atoms with Crippen molar-refractivity contribution in [2.24, 2.45) is 0 Å². The summed E-state index contributed by atoms with van der Waals surface area (Å²) in [5, 5.41) is 0.906. The Labute approximate surface area is 80.9 Å². The minimum absolute atomic E-state index is 0.360. The van der Waals surface area contributed by atoms with E-state index in [1.165, 1.54) is 6.07 Å². The van der Waals surface area contributed by atoms with Crippen LogP contribution in [0.5, 0.6) is 5.75 Å². The van der Waals surface area contributed by atoms with E-state index in [1.807, 2.05) is 13.0 Å². The van der Waals surface area contributed by atoms with Crippen LogP contribution < -0.4 is 10.4 Å².